The average molecular weight is 476 g/mol. The summed E-state index contributed by atoms with van der Waals surface area (Å²) in [7, 11) is 0. The highest BCUT2D eigenvalue weighted by molar-refractivity contribution is 8.18. The molecule has 0 saturated carbocycles. The van der Waals surface area contributed by atoms with Gasteiger partial charge in [-0.3, -0.25) is 20.0 Å². The number of aromatic amines is 1. The molecule has 0 aliphatic carbocycles. The van der Waals surface area contributed by atoms with Gasteiger partial charge in [0.15, 0.2) is 0 Å². The van der Waals surface area contributed by atoms with Crippen molar-refractivity contribution in [2.24, 2.45) is 5.92 Å². The third kappa shape index (κ3) is 5.18. The molecule has 4 heterocycles. The van der Waals surface area contributed by atoms with Crippen LogP contribution < -0.4 is 15.5 Å². The van der Waals surface area contributed by atoms with Gasteiger partial charge in [0.25, 0.3) is 11.1 Å². The summed E-state index contributed by atoms with van der Waals surface area (Å²) in [6.07, 6.45) is 9.20. The molecule has 2 amide bonds. The van der Waals surface area contributed by atoms with E-state index < -0.39 is 0 Å². The Kier molecular flexibility index (Phi) is 6.68. The maximum atomic E-state index is 11.8. The van der Waals surface area contributed by atoms with Crippen LogP contribution in [0, 0.1) is 5.92 Å². The molecule has 1 aromatic carbocycles. The van der Waals surface area contributed by atoms with E-state index in [1.165, 1.54) is 11.1 Å². The van der Waals surface area contributed by atoms with E-state index in [-0.39, 0.29) is 11.1 Å². The lowest BCUT2D eigenvalue weighted by molar-refractivity contribution is -0.115. The van der Waals surface area contributed by atoms with Crippen molar-refractivity contribution in [1.29, 1.82) is 0 Å². The van der Waals surface area contributed by atoms with Crippen LogP contribution in [0.5, 0.6) is 0 Å². The summed E-state index contributed by atoms with van der Waals surface area (Å²) >= 11 is 0.892. The molecule has 3 N–H and O–H groups in total. The predicted molar refractivity (Wildman–Crippen MR) is 132 cm³/mol. The van der Waals surface area contributed by atoms with E-state index in [1.54, 1.807) is 18.3 Å². The maximum Gasteiger partial charge on any atom is 0.290 e. The maximum absolute atomic E-state index is 11.8. The lowest BCUT2D eigenvalue weighted by atomic mass is 9.96. The molecule has 2 aromatic heterocycles. The van der Waals surface area contributed by atoms with Gasteiger partial charge in [0.1, 0.15) is 0 Å². The van der Waals surface area contributed by atoms with E-state index in [2.05, 4.69) is 60.0 Å². The SMILES string of the molecule is O=C1NC(=O)/C(=C/c2ccnc(N3CCC(CNCc4ccccc4-c4cn[nH]c4)CC3)n2)S1. The van der Waals surface area contributed by atoms with Gasteiger partial charge in [-0.05, 0) is 60.3 Å². The normalized spacial score (nSPS) is 18.0. The number of nitrogens with one attached hydrogen (secondary N) is 3. The number of piperidine rings is 1. The minimum atomic E-state index is -0.379. The Hall–Kier alpha value is -3.50. The van der Waals surface area contributed by atoms with Crippen molar-refractivity contribution < 1.29 is 9.59 Å². The standard InChI is InChI=1S/C24H25N7O2S/c32-22-21(34-24(33)30-22)11-19-5-8-26-23(29-19)31-9-6-16(7-10-31)12-25-13-17-3-1-2-4-20(17)18-14-27-28-15-18/h1-5,8,11,14-16,25H,6-7,9-10,12-13H2,(H,27,28)(H,30,32,33)/b21-11-. The monoisotopic (exact) mass is 475 g/mol. The molecule has 9 nitrogen and oxygen atoms in total. The number of benzene rings is 1. The summed E-state index contributed by atoms with van der Waals surface area (Å²) in [5.41, 5.74) is 4.18. The number of imide groups is 1. The van der Waals surface area contributed by atoms with Gasteiger partial charge in [0.2, 0.25) is 5.95 Å². The topological polar surface area (TPSA) is 116 Å². The van der Waals surface area contributed by atoms with Crippen molar-refractivity contribution >= 4 is 34.9 Å². The van der Waals surface area contributed by atoms with Crippen molar-refractivity contribution in [3.63, 3.8) is 0 Å². The number of anilines is 1. The van der Waals surface area contributed by atoms with E-state index in [0.29, 0.717) is 22.5 Å². The molecule has 0 unspecified atom stereocenters. The Morgan fingerprint density at radius 3 is 2.79 bits per heavy atom. The first-order valence-corrected chi connectivity index (χ1v) is 12.1. The molecular formula is C24H25N7O2S. The highest BCUT2D eigenvalue weighted by Crippen LogP contribution is 2.26. The van der Waals surface area contributed by atoms with E-state index in [4.69, 9.17) is 0 Å². The second kappa shape index (κ2) is 10.2. The van der Waals surface area contributed by atoms with Crippen LogP contribution in [0.4, 0.5) is 10.7 Å². The van der Waals surface area contributed by atoms with Gasteiger partial charge in [-0.2, -0.15) is 5.10 Å². The molecule has 3 aromatic rings. The van der Waals surface area contributed by atoms with Crippen LogP contribution in [-0.2, 0) is 11.3 Å². The highest BCUT2D eigenvalue weighted by atomic mass is 32.2. The third-order valence-corrected chi connectivity index (χ3v) is 6.87. The van der Waals surface area contributed by atoms with Gasteiger partial charge >= 0.3 is 0 Å². The minimum absolute atomic E-state index is 0.355. The van der Waals surface area contributed by atoms with Crippen LogP contribution >= 0.6 is 11.8 Å². The van der Waals surface area contributed by atoms with Gasteiger partial charge in [0, 0.05) is 37.6 Å². The third-order valence-electron chi connectivity index (χ3n) is 6.06. The predicted octanol–water partition coefficient (Wildman–Crippen LogP) is 3.20. The number of hydrogen-bond acceptors (Lipinski definition) is 8. The molecule has 0 spiro atoms. The number of rotatable bonds is 7. The number of nitrogens with zero attached hydrogens (tertiary/aromatic N) is 4. The van der Waals surface area contributed by atoms with Crippen molar-refractivity contribution in [2.45, 2.75) is 19.4 Å². The fourth-order valence-electron chi connectivity index (χ4n) is 4.25. The summed E-state index contributed by atoms with van der Waals surface area (Å²) in [6, 6.07) is 10.1. The molecule has 5 rings (SSSR count). The summed E-state index contributed by atoms with van der Waals surface area (Å²) in [6.45, 7) is 3.54. The molecule has 0 radical (unpaired) electrons. The van der Waals surface area contributed by atoms with E-state index in [9.17, 15) is 9.59 Å². The second-order valence-corrected chi connectivity index (χ2v) is 9.35. The Morgan fingerprint density at radius 1 is 1.18 bits per heavy atom. The lowest BCUT2D eigenvalue weighted by Crippen LogP contribution is -2.38. The Bertz CT molecular complexity index is 1200. The lowest BCUT2D eigenvalue weighted by Gasteiger charge is -2.32. The average Bonchev–Trinajstić information content (AvgIpc) is 3.50. The van der Waals surface area contributed by atoms with Crippen molar-refractivity contribution in [1.82, 2.24) is 30.8 Å². The molecule has 2 aliphatic heterocycles. The Labute approximate surface area is 201 Å². The molecule has 0 atom stereocenters. The first-order valence-electron chi connectivity index (χ1n) is 11.3. The number of thioether (sulfide) groups is 1. The first-order chi connectivity index (χ1) is 16.7. The van der Waals surface area contributed by atoms with Crippen LogP contribution in [-0.4, -0.2) is 50.9 Å². The van der Waals surface area contributed by atoms with E-state index in [0.717, 1.165) is 56.3 Å². The highest BCUT2D eigenvalue weighted by Gasteiger charge is 2.25. The van der Waals surface area contributed by atoms with Crippen LogP contribution in [0.25, 0.3) is 17.2 Å². The Balaban J connectivity index is 1.13. The zero-order valence-corrected chi connectivity index (χ0v) is 19.3. The van der Waals surface area contributed by atoms with Crippen LogP contribution in [0.3, 0.4) is 0 Å². The first kappa shape index (κ1) is 22.3. The number of aromatic nitrogens is 4. The summed E-state index contributed by atoms with van der Waals surface area (Å²) in [5.74, 6) is 0.868. The second-order valence-electron chi connectivity index (χ2n) is 8.34. The van der Waals surface area contributed by atoms with Crippen LogP contribution in [0.1, 0.15) is 24.1 Å². The summed E-state index contributed by atoms with van der Waals surface area (Å²) in [4.78, 5) is 34.7. The molecule has 2 fully saturated rings. The van der Waals surface area contributed by atoms with Gasteiger partial charge in [-0.25, -0.2) is 9.97 Å². The van der Waals surface area contributed by atoms with Gasteiger partial charge < -0.3 is 10.2 Å². The Morgan fingerprint density at radius 2 is 2.03 bits per heavy atom. The number of H-pyrrole nitrogens is 1. The molecule has 34 heavy (non-hydrogen) atoms. The van der Waals surface area contributed by atoms with Gasteiger partial charge in [-0.1, -0.05) is 24.3 Å². The number of amides is 2. The van der Waals surface area contributed by atoms with Crippen molar-refractivity contribution in [3.8, 4) is 11.1 Å². The van der Waals surface area contributed by atoms with E-state index >= 15 is 0 Å². The van der Waals surface area contributed by atoms with Crippen LogP contribution in [0.15, 0.2) is 53.8 Å². The molecule has 174 valence electrons. The molecular weight excluding hydrogens is 450 g/mol. The largest absolute Gasteiger partial charge is 0.341 e. The summed E-state index contributed by atoms with van der Waals surface area (Å²) < 4.78 is 0. The van der Waals surface area contributed by atoms with Crippen molar-refractivity contribution in [2.75, 3.05) is 24.5 Å². The summed E-state index contributed by atoms with van der Waals surface area (Å²) in [5, 5.41) is 12.5. The quantitative estimate of drug-likeness (QED) is 0.446. The van der Waals surface area contributed by atoms with Gasteiger partial charge in [-0.15, -0.1) is 0 Å². The van der Waals surface area contributed by atoms with Gasteiger partial charge in [0.05, 0.1) is 16.8 Å². The number of carbonyl (C=O) groups is 2. The van der Waals surface area contributed by atoms with Crippen molar-refractivity contribution in [3.05, 3.63) is 65.1 Å². The minimum Gasteiger partial charge on any atom is -0.341 e. The fourth-order valence-corrected chi connectivity index (χ4v) is 4.92. The zero-order chi connectivity index (χ0) is 23.3. The molecule has 10 heteroatoms. The number of carbonyl (C=O) groups excluding carboxylic acids is 2. The smallest absolute Gasteiger partial charge is 0.290 e. The number of hydrogen-bond donors (Lipinski definition) is 3. The fraction of sp³-hybridized carbons (Fsp3) is 0.292. The molecule has 2 aliphatic rings. The molecule has 0 bridgehead atoms. The van der Waals surface area contributed by atoms with Crippen LogP contribution in [0.2, 0.25) is 0 Å². The van der Waals surface area contributed by atoms with E-state index in [1.807, 2.05) is 12.4 Å². The zero-order valence-electron chi connectivity index (χ0n) is 18.5. The molecule has 2 saturated heterocycles.